The third kappa shape index (κ3) is 3.41. The Bertz CT molecular complexity index is 71.6. The summed E-state index contributed by atoms with van der Waals surface area (Å²) in [7, 11) is 0. The predicted octanol–water partition coefficient (Wildman–Crippen LogP) is -0.279. The maximum atomic E-state index is 9.35. The van der Waals surface area contributed by atoms with E-state index in [1.54, 1.807) is 12.9 Å². The van der Waals surface area contributed by atoms with E-state index in [2.05, 4.69) is 0 Å². The lowest BCUT2D eigenvalue weighted by Gasteiger charge is -1.83. The zero-order valence-electron chi connectivity index (χ0n) is 3.64. The van der Waals surface area contributed by atoms with Crippen LogP contribution in [0.2, 0.25) is 0 Å². The van der Waals surface area contributed by atoms with Crippen molar-refractivity contribution >= 4 is 5.94 Å². The van der Waals surface area contributed by atoms with Gasteiger partial charge in [0, 0.05) is 12.1 Å². The van der Waals surface area contributed by atoms with Gasteiger partial charge in [-0.25, -0.2) is 4.79 Å². The lowest BCUT2D eigenvalue weighted by Crippen LogP contribution is -2.10. The molecule has 34 valence electrons. The molecular formula is C4H7NO. The molecule has 0 fully saturated rings. The summed E-state index contributed by atoms with van der Waals surface area (Å²) in [6.07, 6.45) is 1.26. The first-order chi connectivity index (χ1) is 2.77. The lowest BCUT2D eigenvalue weighted by molar-refractivity contribution is 0.567. The Kier molecular flexibility index (Phi) is 2.38. The summed E-state index contributed by atoms with van der Waals surface area (Å²) >= 11 is 0. The molecule has 0 amide bonds. The highest BCUT2D eigenvalue weighted by Gasteiger charge is 1.77. The fourth-order valence-corrected chi connectivity index (χ4v) is 0.107. The fraction of sp³-hybridized carbons (Fsp3) is 0.500. The van der Waals surface area contributed by atoms with Crippen LogP contribution in [0.3, 0.4) is 0 Å². The van der Waals surface area contributed by atoms with Crippen molar-refractivity contribution in [3.05, 3.63) is 6.08 Å². The maximum Gasteiger partial charge on any atom is 0.121 e. The van der Waals surface area contributed by atoms with Gasteiger partial charge in [0.15, 0.2) is 0 Å². The minimum absolute atomic E-state index is 0.150. The van der Waals surface area contributed by atoms with Crippen LogP contribution >= 0.6 is 0 Å². The van der Waals surface area contributed by atoms with Gasteiger partial charge in [-0.2, -0.15) is 0 Å². The first-order valence-electron chi connectivity index (χ1n) is 1.74. The van der Waals surface area contributed by atoms with Crippen molar-refractivity contribution in [2.45, 2.75) is 13.0 Å². The summed E-state index contributed by atoms with van der Waals surface area (Å²) in [5.74, 6) is 1.57. The molecule has 2 heteroatoms. The molecule has 2 nitrogen and oxygen atoms in total. The SMILES string of the molecule is CC(N)C=C=O. The Morgan fingerprint density at radius 2 is 2.50 bits per heavy atom. The molecule has 0 saturated carbocycles. The zero-order valence-corrected chi connectivity index (χ0v) is 3.64. The molecule has 0 spiro atoms. The average molecular weight is 85.1 g/mol. The third-order valence-electron chi connectivity index (χ3n) is 0.331. The van der Waals surface area contributed by atoms with Gasteiger partial charge in [0.25, 0.3) is 0 Å². The van der Waals surface area contributed by atoms with Crippen LogP contribution in [0.1, 0.15) is 6.92 Å². The molecule has 1 atom stereocenters. The number of nitrogens with two attached hydrogens (primary N) is 1. The number of rotatable bonds is 1. The molecule has 0 saturated heterocycles. The molecule has 0 bridgehead atoms. The van der Waals surface area contributed by atoms with Crippen molar-refractivity contribution in [3.8, 4) is 0 Å². The van der Waals surface area contributed by atoms with Crippen LogP contribution in [0.25, 0.3) is 0 Å². The normalized spacial score (nSPS) is 12.3. The number of hydrogen-bond donors (Lipinski definition) is 1. The van der Waals surface area contributed by atoms with Crippen molar-refractivity contribution in [1.82, 2.24) is 0 Å². The van der Waals surface area contributed by atoms with Crippen LogP contribution in [0, 0.1) is 0 Å². The van der Waals surface area contributed by atoms with Crippen molar-refractivity contribution in [2.75, 3.05) is 0 Å². The molecule has 0 aliphatic carbocycles. The van der Waals surface area contributed by atoms with Crippen LogP contribution in [0.5, 0.6) is 0 Å². The van der Waals surface area contributed by atoms with E-state index < -0.39 is 0 Å². The van der Waals surface area contributed by atoms with Gasteiger partial charge in [0.05, 0.1) is 0 Å². The second kappa shape index (κ2) is 2.64. The summed E-state index contributed by atoms with van der Waals surface area (Å²) in [6, 6.07) is -0.150. The Morgan fingerprint density at radius 1 is 2.00 bits per heavy atom. The standard InChI is InChI=1S/C4H7NO/c1-4(5)2-3-6/h2,4H,5H2,1H3. The van der Waals surface area contributed by atoms with Crippen LogP contribution in [0.15, 0.2) is 6.08 Å². The van der Waals surface area contributed by atoms with E-state index in [4.69, 9.17) is 5.73 Å². The average Bonchev–Trinajstić information content (AvgIpc) is 1.35. The van der Waals surface area contributed by atoms with Crippen LogP contribution in [0.4, 0.5) is 0 Å². The summed E-state index contributed by atoms with van der Waals surface area (Å²) in [5.41, 5.74) is 5.08. The van der Waals surface area contributed by atoms with Gasteiger partial charge >= 0.3 is 0 Å². The molecule has 0 aliphatic heterocycles. The molecule has 0 radical (unpaired) electrons. The van der Waals surface area contributed by atoms with Gasteiger partial charge in [-0.05, 0) is 6.92 Å². The van der Waals surface area contributed by atoms with E-state index in [1.165, 1.54) is 6.08 Å². The van der Waals surface area contributed by atoms with Gasteiger partial charge < -0.3 is 5.73 Å². The maximum absolute atomic E-state index is 9.35. The van der Waals surface area contributed by atoms with Gasteiger partial charge in [-0.15, -0.1) is 0 Å². The fourth-order valence-electron chi connectivity index (χ4n) is 0.107. The first-order valence-corrected chi connectivity index (χ1v) is 1.74. The van der Waals surface area contributed by atoms with Crippen LogP contribution in [-0.4, -0.2) is 12.0 Å². The van der Waals surface area contributed by atoms with Crippen molar-refractivity contribution in [3.63, 3.8) is 0 Å². The highest BCUT2D eigenvalue weighted by molar-refractivity contribution is 5.46. The van der Waals surface area contributed by atoms with E-state index in [1.807, 2.05) is 0 Å². The topological polar surface area (TPSA) is 43.1 Å². The van der Waals surface area contributed by atoms with E-state index in [0.29, 0.717) is 0 Å². The van der Waals surface area contributed by atoms with Gasteiger partial charge in [0.2, 0.25) is 0 Å². The molecule has 0 aromatic rings. The highest BCUT2D eigenvalue weighted by atomic mass is 16.1. The van der Waals surface area contributed by atoms with Gasteiger partial charge in [-0.3, -0.25) is 0 Å². The van der Waals surface area contributed by atoms with Gasteiger partial charge in [0.1, 0.15) is 5.94 Å². The summed E-state index contributed by atoms with van der Waals surface area (Å²) in [5, 5.41) is 0. The minimum Gasteiger partial charge on any atom is -0.324 e. The summed E-state index contributed by atoms with van der Waals surface area (Å²) in [6.45, 7) is 1.71. The van der Waals surface area contributed by atoms with Gasteiger partial charge in [-0.1, -0.05) is 0 Å². The minimum atomic E-state index is -0.150. The molecule has 0 aromatic heterocycles. The van der Waals surface area contributed by atoms with E-state index in [-0.39, 0.29) is 6.04 Å². The molecule has 6 heavy (non-hydrogen) atoms. The predicted molar refractivity (Wildman–Crippen MR) is 23.9 cm³/mol. The Labute approximate surface area is 36.6 Å². The number of hydrogen-bond acceptors (Lipinski definition) is 2. The Hall–Kier alpha value is -0.590. The quantitative estimate of drug-likeness (QED) is 0.445. The molecule has 1 unspecified atom stereocenters. The lowest BCUT2D eigenvalue weighted by atomic mass is 10.4. The molecule has 2 N–H and O–H groups in total. The van der Waals surface area contributed by atoms with Crippen LogP contribution in [-0.2, 0) is 4.79 Å². The second-order valence-corrected chi connectivity index (χ2v) is 1.14. The first kappa shape index (κ1) is 5.41. The van der Waals surface area contributed by atoms with E-state index in [0.717, 1.165) is 0 Å². The molecule has 0 rings (SSSR count). The molecule has 0 heterocycles. The summed E-state index contributed by atoms with van der Waals surface area (Å²) in [4.78, 5) is 9.35. The van der Waals surface area contributed by atoms with E-state index in [9.17, 15) is 4.79 Å². The Balaban J connectivity index is 3.29. The second-order valence-electron chi connectivity index (χ2n) is 1.14. The molecular weight excluding hydrogens is 78.0 g/mol. The van der Waals surface area contributed by atoms with Crippen LogP contribution < -0.4 is 5.73 Å². The zero-order chi connectivity index (χ0) is 4.99. The Morgan fingerprint density at radius 3 is 2.50 bits per heavy atom. The third-order valence-corrected chi connectivity index (χ3v) is 0.331. The van der Waals surface area contributed by atoms with Crippen molar-refractivity contribution in [2.24, 2.45) is 5.73 Å². The monoisotopic (exact) mass is 85.1 g/mol. The molecule has 0 aromatic carbocycles. The molecule has 0 aliphatic rings. The largest absolute Gasteiger partial charge is 0.324 e. The smallest absolute Gasteiger partial charge is 0.121 e. The van der Waals surface area contributed by atoms with Crippen molar-refractivity contribution < 1.29 is 4.79 Å². The highest BCUT2D eigenvalue weighted by Crippen LogP contribution is 1.66. The van der Waals surface area contributed by atoms with Crippen molar-refractivity contribution in [1.29, 1.82) is 0 Å². The van der Waals surface area contributed by atoms with E-state index >= 15 is 0 Å². The number of carbonyl (C=O) groups excluding carboxylic acids is 1. The summed E-state index contributed by atoms with van der Waals surface area (Å²) < 4.78 is 0.